The average Bonchev–Trinajstić information content (AvgIpc) is 3.36. The summed E-state index contributed by atoms with van der Waals surface area (Å²) >= 11 is 1.26. The van der Waals surface area contributed by atoms with E-state index in [4.69, 9.17) is 9.47 Å². The van der Waals surface area contributed by atoms with E-state index in [0.717, 1.165) is 34.8 Å². The Morgan fingerprint density at radius 1 is 1.15 bits per heavy atom. The molecule has 1 N–H and O–H groups in total. The highest BCUT2D eigenvalue weighted by Crippen LogP contribution is 2.31. The number of alkyl halides is 3. The number of nitrogens with zero attached hydrogens (tertiary/aromatic N) is 2. The maximum atomic E-state index is 12.8. The van der Waals surface area contributed by atoms with Crippen LogP contribution in [0.2, 0.25) is 0 Å². The smallest absolute Gasteiger partial charge is 0.416 e. The van der Waals surface area contributed by atoms with Gasteiger partial charge in [0.15, 0.2) is 4.96 Å². The van der Waals surface area contributed by atoms with Crippen molar-refractivity contribution in [1.82, 2.24) is 14.7 Å². The molecular weight excluding hydrogens is 455 g/mol. The first-order chi connectivity index (χ1) is 15.8. The molecule has 2 aromatic carbocycles. The van der Waals surface area contributed by atoms with Gasteiger partial charge in [-0.2, -0.15) is 13.2 Å². The fraction of sp³-hybridized carbons (Fsp3) is 0.217. The highest BCUT2D eigenvalue weighted by Gasteiger charge is 2.30. The summed E-state index contributed by atoms with van der Waals surface area (Å²) in [6.07, 6.45) is -2.56. The summed E-state index contributed by atoms with van der Waals surface area (Å²) in [5, 5.41) is 2.73. The van der Waals surface area contributed by atoms with Crippen LogP contribution in [0.5, 0.6) is 11.5 Å². The third-order valence-corrected chi connectivity index (χ3v) is 6.12. The highest BCUT2D eigenvalue weighted by molar-refractivity contribution is 7.19. The zero-order valence-corrected chi connectivity index (χ0v) is 18.6. The predicted octanol–water partition coefficient (Wildman–Crippen LogP) is 5.21. The van der Waals surface area contributed by atoms with Crippen LogP contribution in [0.1, 0.15) is 20.9 Å². The minimum atomic E-state index is -4.44. The Balaban J connectivity index is 1.37. The molecule has 10 heteroatoms. The van der Waals surface area contributed by atoms with Gasteiger partial charge in [-0.3, -0.25) is 9.20 Å². The molecule has 6 nitrogen and oxygen atoms in total. The van der Waals surface area contributed by atoms with E-state index in [1.807, 2.05) is 41.8 Å². The van der Waals surface area contributed by atoms with Crippen molar-refractivity contribution in [3.63, 3.8) is 0 Å². The number of aromatic nitrogens is 2. The number of hydrogen-bond acceptors (Lipinski definition) is 5. The van der Waals surface area contributed by atoms with Crippen molar-refractivity contribution in [1.29, 1.82) is 0 Å². The molecule has 2 heterocycles. The number of carbonyl (C=O) groups is 1. The van der Waals surface area contributed by atoms with Crippen molar-refractivity contribution in [2.75, 3.05) is 20.3 Å². The molecule has 0 aliphatic rings. The summed E-state index contributed by atoms with van der Waals surface area (Å²) in [5.41, 5.74) is 1.69. The number of nitrogens with one attached hydrogen (secondary N) is 1. The summed E-state index contributed by atoms with van der Waals surface area (Å²) in [4.78, 5) is 18.4. The van der Waals surface area contributed by atoms with E-state index in [2.05, 4.69) is 10.3 Å². The molecule has 4 aromatic rings. The zero-order valence-electron chi connectivity index (χ0n) is 17.8. The van der Waals surface area contributed by atoms with Crippen molar-refractivity contribution in [3.05, 3.63) is 70.9 Å². The quantitative estimate of drug-likeness (QED) is 0.373. The molecule has 33 heavy (non-hydrogen) atoms. The number of rotatable bonds is 7. The van der Waals surface area contributed by atoms with Crippen molar-refractivity contribution in [2.24, 2.45) is 0 Å². The maximum Gasteiger partial charge on any atom is 0.416 e. The molecule has 0 fully saturated rings. The van der Waals surface area contributed by atoms with Crippen molar-refractivity contribution >= 4 is 22.2 Å². The summed E-state index contributed by atoms with van der Waals surface area (Å²) in [6.45, 7) is 2.01. The number of imidazole rings is 1. The maximum absolute atomic E-state index is 12.8. The van der Waals surface area contributed by atoms with E-state index in [-0.39, 0.29) is 24.8 Å². The number of benzene rings is 2. The molecule has 0 saturated carbocycles. The van der Waals surface area contributed by atoms with Gasteiger partial charge in [0, 0.05) is 17.5 Å². The Morgan fingerprint density at radius 3 is 2.58 bits per heavy atom. The van der Waals surface area contributed by atoms with Crippen LogP contribution >= 0.6 is 11.3 Å². The second-order valence-electron chi connectivity index (χ2n) is 7.15. The van der Waals surface area contributed by atoms with Crippen LogP contribution in [-0.4, -0.2) is 35.6 Å². The third kappa shape index (κ3) is 4.95. The van der Waals surface area contributed by atoms with Gasteiger partial charge in [-0.05, 0) is 49.4 Å². The van der Waals surface area contributed by atoms with Crippen molar-refractivity contribution < 1.29 is 27.4 Å². The minimum Gasteiger partial charge on any atom is -0.497 e. The lowest BCUT2D eigenvalue weighted by Gasteiger charge is -2.10. The van der Waals surface area contributed by atoms with E-state index in [1.54, 1.807) is 7.11 Å². The Kier molecular flexibility index (Phi) is 6.28. The fourth-order valence-electron chi connectivity index (χ4n) is 3.24. The zero-order chi connectivity index (χ0) is 23.6. The lowest BCUT2D eigenvalue weighted by atomic mass is 10.2. The SMILES string of the molecule is COc1ccc(-c2cn3c(C)c(C(=O)NCCOc4cccc(C(F)(F)F)c4)sc3n2)cc1. The molecule has 0 saturated heterocycles. The van der Waals surface area contributed by atoms with E-state index in [9.17, 15) is 18.0 Å². The first kappa shape index (κ1) is 22.7. The van der Waals surface area contributed by atoms with E-state index in [0.29, 0.717) is 9.84 Å². The molecule has 0 spiro atoms. The van der Waals surface area contributed by atoms with Gasteiger partial charge >= 0.3 is 6.18 Å². The number of thiazole rings is 1. The first-order valence-electron chi connectivity index (χ1n) is 9.97. The summed E-state index contributed by atoms with van der Waals surface area (Å²) < 4.78 is 50.7. The molecule has 0 bridgehead atoms. The minimum absolute atomic E-state index is 0.0379. The number of aryl methyl sites for hydroxylation is 1. The Morgan fingerprint density at radius 2 is 1.91 bits per heavy atom. The Hall–Kier alpha value is -3.53. The van der Waals surface area contributed by atoms with Gasteiger partial charge < -0.3 is 14.8 Å². The summed E-state index contributed by atoms with van der Waals surface area (Å²) in [5.74, 6) is 0.560. The van der Waals surface area contributed by atoms with Crippen molar-refractivity contribution in [3.8, 4) is 22.8 Å². The molecule has 2 aromatic heterocycles. The Bertz CT molecular complexity index is 1280. The van der Waals surface area contributed by atoms with Gasteiger partial charge in [0.05, 0.1) is 24.9 Å². The van der Waals surface area contributed by atoms with E-state index in [1.165, 1.54) is 23.5 Å². The molecule has 0 aliphatic heterocycles. The van der Waals surface area contributed by atoms with E-state index < -0.39 is 11.7 Å². The summed E-state index contributed by atoms with van der Waals surface area (Å²) in [6, 6.07) is 12.2. The number of amides is 1. The molecule has 1 amide bonds. The predicted molar refractivity (Wildman–Crippen MR) is 119 cm³/mol. The molecule has 0 atom stereocenters. The van der Waals surface area contributed by atoms with Gasteiger partial charge in [-0.25, -0.2) is 4.98 Å². The monoisotopic (exact) mass is 475 g/mol. The molecule has 0 aliphatic carbocycles. The van der Waals surface area contributed by atoms with Crippen LogP contribution in [-0.2, 0) is 6.18 Å². The second-order valence-corrected chi connectivity index (χ2v) is 8.13. The van der Waals surface area contributed by atoms with E-state index >= 15 is 0 Å². The lowest BCUT2D eigenvalue weighted by molar-refractivity contribution is -0.137. The van der Waals surface area contributed by atoms with Crippen LogP contribution < -0.4 is 14.8 Å². The standard InChI is InChI=1S/C23H20F3N3O3S/c1-14-20(21(30)27-10-11-32-18-5-3-4-16(12-18)23(24,25)26)33-22-28-19(13-29(14)22)15-6-8-17(31-2)9-7-15/h3-9,12-13H,10-11H2,1-2H3,(H,27,30). The highest BCUT2D eigenvalue weighted by atomic mass is 32.1. The Labute approximate surface area is 191 Å². The van der Waals surface area contributed by atoms with Crippen LogP contribution in [0.25, 0.3) is 16.2 Å². The van der Waals surface area contributed by atoms with Gasteiger partial charge in [-0.1, -0.05) is 17.4 Å². The number of methoxy groups -OCH3 is 1. The van der Waals surface area contributed by atoms with Crippen LogP contribution in [0.3, 0.4) is 0 Å². The molecular formula is C23H20F3N3O3S. The normalized spacial score (nSPS) is 11.5. The number of hydrogen-bond donors (Lipinski definition) is 1. The van der Waals surface area contributed by atoms with Crippen LogP contribution in [0.4, 0.5) is 13.2 Å². The first-order valence-corrected chi connectivity index (χ1v) is 10.8. The van der Waals surface area contributed by atoms with Gasteiger partial charge in [-0.15, -0.1) is 0 Å². The van der Waals surface area contributed by atoms with Crippen LogP contribution in [0.15, 0.2) is 54.7 Å². The number of carbonyl (C=O) groups excluding carboxylic acids is 1. The largest absolute Gasteiger partial charge is 0.497 e. The molecule has 172 valence electrons. The topological polar surface area (TPSA) is 64.9 Å². The number of ether oxygens (including phenoxy) is 2. The van der Waals surface area contributed by atoms with Crippen molar-refractivity contribution in [2.45, 2.75) is 13.1 Å². The van der Waals surface area contributed by atoms with Gasteiger partial charge in [0.1, 0.15) is 23.0 Å². The van der Waals surface area contributed by atoms with Crippen LogP contribution in [0, 0.1) is 6.92 Å². The second kappa shape index (κ2) is 9.14. The summed E-state index contributed by atoms with van der Waals surface area (Å²) in [7, 11) is 1.61. The van der Waals surface area contributed by atoms with Gasteiger partial charge in [0.25, 0.3) is 5.91 Å². The molecule has 0 unspecified atom stereocenters. The third-order valence-electron chi connectivity index (χ3n) is 4.97. The lowest BCUT2D eigenvalue weighted by Crippen LogP contribution is -2.28. The average molecular weight is 475 g/mol. The number of halogens is 3. The molecule has 4 rings (SSSR count). The molecule has 0 radical (unpaired) electrons. The fourth-order valence-corrected chi connectivity index (χ4v) is 4.26. The number of fused-ring (bicyclic) bond motifs is 1. The van der Waals surface area contributed by atoms with Gasteiger partial charge in [0.2, 0.25) is 0 Å².